The molecule has 0 amide bonds. The summed E-state index contributed by atoms with van der Waals surface area (Å²) in [7, 11) is 0. The van der Waals surface area contributed by atoms with E-state index in [1.165, 1.54) is 6.33 Å². The van der Waals surface area contributed by atoms with E-state index in [0.717, 1.165) is 5.56 Å². The van der Waals surface area contributed by atoms with Crippen LogP contribution in [0.2, 0.25) is 5.15 Å². The topological polar surface area (TPSA) is 54.9 Å². The minimum absolute atomic E-state index is 0.0649. The van der Waals surface area contributed by atoms with Crippen molar-refractivity contribution < 1.29 is 4.79 Å². The van der Waals surface area contributed by atoms with E-state index < -0.39 is 0 Å². The van der Waals surface area contributed by atoms with E-state index in [0.29, 0.717) is 35.9 Å². The first-order valence-electron chi connectivity index (χ1n) is 6.46. The van der Waals surface area contributed by atoms with Crippen molar-refractivity contribution in [3.05, 3.63) is 52.9 Å². The summed E-state index contributed by atoms with van der Waals surface area (Å²) < 4.78 is 0. The maximum absolute atomic E-state index is 11.8. The van der Waals surface area contributed by atoms with Crippen molar-refractivity contribution in [3.8, 4) is 12.3 Å². The van der Waals surface area contributed by atoms with E-state index >= 15 is 0 Å². The number of carbonyl (C=O) groups is 1. The predicted octanol–water partition coefficient (Wildman–Crippen LogP) is 3.34. The molecule has 5 heteroatoms. The third-order valence-electron chi connectivity index (χ3n) is 2.88. The molecule has 0 aliphatic carbocycles. The Balaban J connectivity index is 1.93. The number of ketones is 1. The van der Waals surface area contributed by atoms with Gasteiger partial charge in [0.15, 0.2) is 5.78 Å². The van der Waals surface area contributed by atoms with Gasteiger partial charge in [-0.05, 0) is 5.56 Å². The molecule has 0 saturated heterocycles. The van der Waals surface area contributed by atoms with Gasteiger partial charge in [-0.1, -0.05) is 35.9 Å². The zero-order valence-corrected chi connectivity index (χ0v) is 12.1. The average Bonchev–Trinajstić information content (AvgIpc) is 2.51. The molecule has 1 heterocycles. The van der Waals surface area contributed by atoms with Gasteiger partial charge < -0.3 is 5.32 Å². The number of carbonyl (C=O) groups excluding carboxylic acids is 1. The first-order valence-corrected chi connectivity index (χ1v) is 6.84. The first-order chi connectivity index (χ1) is 10.2. The van der Waals surface area contributed by atoms with E-state index in [2.05, 4.69) is 21.2 Å². The summed E-state index contributed by atoms with van der Waals surface area (Å²) >= 11 is 5.78. The number of rotatable bonds is 6. The Morgan fingerprint density at radius 2 is 2.05 bits per heavy atom. The minimum atomic E-state index is 0.0649. The fraction of sp³-hybridized carbons (Fsp3) is 0.188. The monoisotopic (exact) mass is 299 g/mol. The molecular formula is C16H14ClN3O. The second-order valence-electron chi connectivity index (χ2n) is 4.40. The van der Waals surface area contributed by atoms with Crippen LogP contribution in [0.4, 0.5) is 5.82 Å². The van der Waals surface area contributed by atoms with Crippen LogP contribution >= 0.6 is 11.6 Å². The Morgan fingerprint density at radius 1 is 1.29 bits per heavy atom. The van der Waals surface area contributed by atoms with Gasteiger partial charge in [-0.15, -0.1) is 12.3 Å². The van der Waals surface area contributed by atoms with E-state index in [9.17, 15) is 4.79 Å². The predicted molar refractivity (Wildman–Crippen MR) is 83.2 cm³/mol. The third-order valence-corrected chi connectivity index (χ3v) is 3.09. The highest BCUT2D eigenvalue weighted by atomic mass is 35.5. The molecule has 106 valence electrons. The Kier molecular flexibility index (Phi) is 5.30. The molecule has 2 aromatic rings. The van der Waals surface area contributed by atoms with Crippen LogP contribution in [0, 0.1) is 12.3 Å². The Morgan fingerprint density at radius 3 is 2.71 bits per heavy atom. The fourth-order valence-electron chi connectivity index (χ4n) is 1.76. The van der Waals surface area contributed by atoms with E-state index in [4.69, 9.17) is 18.0 Å². The molecular weight excluding hydrogens is 286 g/mol. The smallest absolute Gasteiger partial charge is 0.163 e. The lowest BCUT2D eigenvalue weighted by Crippen LogP contribution is -2.03. The highest BCUT2D eigenvalue weighted by Crippen LogP contribution is 2.12. The standard InChI is InChI=1S/C16H14ClN3O/c1-2-3-4-14(21)13-7-5-12(6-8-13)10-18-16-9-15(17)19-11-20-16/h1,5-9,11H,3-4,10H2,(H,18,19,20). The van der Waals surface area contributed by atoms with Crippen LogP contribution in [0.5, 0.6) is 0 Å². The molecule has 0 aliphatic rings. The molecule has 1 aromatic heterocycles. The van der Waals surface area contributed by atoms with Crippen molar-refractivity contribution in [1.29, 1.82) is 0 Å². The number of aromatic nitrogens is 2. The fourth-order valence-corrected chi connectivity index (χ4v) is 1.91. The molecule has 21 heavy (non-hydrogen) atoms. The number of hydrogen-bond donors (Lipinski definition) is 1. The van der Waals surface area contributed by atoms with Gasteiger partial charge in [0, 0.05) is 31.0 Å². The van der Waals surface area contributed by atoms with E-state index in [1.54, 1.807) is 6.07 Å². The van der Waals surface area contributed by atoms with Crippen LogP contribution in [0.15, 0.2) is 36.7 Å². The van der Waals surface area contributed by atoms with Crippen LogP contribution in [0.25, 0.3) is 0 Å². The number of hydrogen-bond acceptors (Lipinski definition) is 4. The molecule has 0 unspecified atom stereocenters. The second kappa shape index (κ2) is 7.41. The number of halogens is 1. The Bertz CT molecular complexity index is 662. The number of terminal acetylenes is 1. The summed E-state index contributed by atoms with van der Waals surface area (Å²) in [5.41, 5.74) is 1.72. The summed E-state index contributed by atoms with van der Waals surface area (Å²) in [5.74, 6) is 3.19. The van der Waals surface area contributed by atoms with Crippen LogP contribution in [0.1, 0.15) is 28.8 Å². The summed E-state index contributed by atoms with van der Waals surface area (Å²) in [5, 5.41) is 3.53. The van der Waals surface area contributed by atoms with Gasteiger partial charge in [-0.2, -0.15) is 0 Å². The van der Waals surface area contributed by atoms with Crippen molar-refractivity contribution in [2.45, 2.75) is 19.4 Å². The molecule has 0 atom stereocenters. The molecule has 2 rings (SSSR count). The zero-order valence-electron chi connectivity index (χ0n) is 11.3. The van der Waals surface area contributed by atoms with E-state index in [-0.39, 0.29) is 5.78 Å². The SMILES string of the molecule is C#CCCC(=O)c1ccc(CNc2cc(Cl)ncn2)cc1. The lowest BCUT2D eigenvalue weighted by molar-refractivity contribution is 0.0984. The number of benzene rings is 1. The van der Waals surface area contributed by atoms with Crippen molar-refractivity contribution >= 4 is 23.2 Å². The first kappa shape index (κ1) is 15.0. The maximum atomic E-state index is 11.8. The molecule has 0 spiro atoms. The Labute approximate surface area is 128 Å². The molecule has 4 nitrogen and oxygen atoms in total. The maximum Gasteiger partial charge on any atom is 0.163 e. The summed E-state index contributed by atoms with van der Waals surface area (Å²) in [6, 6.07) is 9.07. The number of anilines is 1. The minimum Gasteiger partial charge on any atom is -0.366 e. The van der Waals surface area contributed by atoms with Gasteiger partial charge in [-0.3, -0.25) is 4.79 Å². The molecule has 0 bridgehead atoms. The number of nitrogens with zero attached hydrogens (tertiary/aromatic N) is 2. The van der Waals surface area contributed by atoms with Crippen molar-refractivity contribution in [2.75, 3.05) is 5.32 Å². The largest absolute Gasteiger partial charge is 0.366 e. The molecule has 0 aliphatic heterocycles. The second-order valence-corrected chi connectivity index (χ2v) is 4.79. The summed E-state index contributed by atoms with van der Waals surface area (Å²) in [6.07, 6.45) is 7.41. The Hall–Kier alpha value is -2.38. The van der Waals surface area contributed by atoms with Crippen molar-refractivity contribution in [3.63, 3.8) is 0 Å². The lowest BCUT2D eigenvalue weighted by atomic mass is 10.0. The third kappa shape index (κ3) is 4.59. The quantitative estimate of drug-likeness (QED) is 0.505. The van der Waals surface area contributed by atoms with Gasteiger partial charge in [0.05, 0.1) is 0 Å². The molecule has 0 fully saturated rings. The molecule has 1 N–H and O–H groups in total. The zero-order chi connectivity index (χ0) is 15.1. The van der Waals surface area contributed by atoms with Crippen molar-refractivity contribution in [2.24, 2.45) is 0 Å². The van der Waals surface area contributed by atoms with Gasteiger partial charge >= 0.3 is 0 Å². The number of nitrogens with one attached hydrogen (secondary N) is 1. The average molecular weight is 300 g/mol. The van der Waals surface area contributed by atoms with Gasteiger partial charge in [0.2, 0.25) is 0 Å². The van der Waals surface area contributed by atoms with Gasteiger partial charge in [0.1, 0.15) is 17.3 Å². The summed E-state index contributed by atoms with van der Waals surface area (Å²) in [4.78, 5) is 19.7. The van der Waals surface area contributed by atoms with Crippen LogP contribution in [-0.4, -0.2) is 15.8 Å². The normalized spacial score (nSPS) is 9.90. The van der Waals surface area contributed by atoms with Crippen LogP contribution in [-0.2, 0) is 6.54 Å². The highest BCUT2D eigenvalue weighted by Gasteiger charge is 2.04. The number of Topliss-reactive ketones (excluding diaryl/α,β-unsaturated/α-hetero) is 1. The van der Waals surface area contributed by atoms with Crippen LogP contribution in [0.3, 0.4) is 0 Å². The molecule has 1 aromatic carbocycles. The van der Waals surface area contributed by atoms with Crippen molar-refractivity contribution in [1.82, 2.24) is 9.97 Å². The van der Waals surface area contributed by atoms with E-state index in [1.807, 2.05) is 24.3 Å². The highest BCUT2D eigenvalue weighted by molar-refractivity contribution is 6.29. The van der Waals surface area contributed by atoms with Crippen LogP contribution < -0.4 is 5.32 Å². The van der Waals surface area contributed by atoms with Gasteiger partial charge in [0.25, 0.3) is 0 Å². The van der Waals surface area contributed by atoms with Gasteiger partial charge in [-0.25, -0.2) is 9.97 Å². The molecule has 0 saturated carbocycles. The lowest BCUT2D eigenvalue weighted by Gasteiger charge is -2.06. The molecule has 0 radical (unpaired) electrons. The summed E-state index contributed by atoms with van der Waals surface area (Å²) in [6.45, 7) is 0.589.